The minimum absolute atomic E-state index is 0.155. The molecule has 1 aromatic heterocycles. The zero-order chi connectivity index (χ0) is 19.8. The maximum Gasteiger partial charge on any atom is 0.322 e. The van der Waals surface area contributed by atoms with Crippen LogP contribution in [0.2, 0.25) is 0 Å². The Morgan fingerprint density at radius 1 is 1.00 bits per heavy atom. The molecule has 2 unspecified atom stereocenters. The van der Waals surface area contributed by atoms with Crippen LogP contribution in [0.25, 0.3) is 11.4 Å². The van der Waals surface area contributed by atoms with Gasteiger partial charge in [0.05, 0.1) is 13.2 Å². The van der Waals surface area contributed by atoms with Crippen LogP contribution in [0, 0.1) is 0 Å². The highest BCUT2D eigenvalue weighted by Crippen LogP contribution is 2.35. The Hall–Kier alpha value is -2.45. The molecule has 2 atom stereocenters. The lowest BCUT2D eigenvalue weighted by Crippen LogP contribution is -2.44. The zero-order valence-corrected chi connectivity index (χ0v) is 16.8. The monoisotopic (exact) mass is 396 g/mol. The van der Waals surface area contributed by atoms with Crippen molar-refractivity contribution >= 4 is 11.6 Å². The van der Waals surface area contributed by atoms with Crippen LogP contribution in [0.15, 0.2) is 24.3 Å². The summed E-state index contributed by atoms with van der Waals surface area (Å²) in [4.78, 5) is 18.7. The SMILES string of the molecule is CN1C2CCC1CC(Oc1nc(-c3ccc(N)cc3)nc(N3CCOCC3)n1)C2. The van der Waals surface area contributed by atoms with E-state index in [4.69, 9.17) is 20.2 Å². The van der Waals surface area contributed by atoms with Crippen LogP contribution in [-0.4, -0.2) is 71.4 Å². The summed E-state index contributed by atoms with van der Waals surface area (Å²) in [5.74, 6) is 1.27. The summed E-state index contributed by atoms with van der Waals surface area (Å²) >= 11 is 0. The van der Waals surface area contributed by atoms with Gasteiger partial charge in [-0.05, 0) is 44.2 Å². The third-order valence-corrected chi connectivity index (χ3v) is 6.39. The predicted octanol–water partition coefficient (Wildman–Crippen LogP) is 1.96. The van der Waals surface area contributed by atoms with E-state index in [-0.39, 0.29) is 6.10 Å². The average Bonchev–Trinajstić information content (AvgIpc) is 2.95. The summed E-state index contributed by atoms with van der Waals surface area (Å²) < 4.78 is 11.8. The first-order valence-corrected chi connectivity index (χ1v) is 10.5. The first-order valence-electron chi connectivity index (χ1n) is 10.5. The van der Waals surface area contributed by atoms with Crippen molar-refractivity contribution in [1.82, 2.24) is 19.9 Å². The molecule has 1 aromatic carbocycles. The molecule has 0 amide bonds. The number of aromatic nitrogens is 3. The summed E-state index contributed by atoms with van der Waals surface area (Å²) in [6.07, 6.45) is 4.73. The third kappa shape index (κ3) is 3.86. The summed E-state index contributed by atoms with van der Waals surface area (Å²) in [6.45, 7) is 2.89. The lowest BCUT2D eigenvalue weighted by molar-refractivity contribution is 0.0599. The maximum atomic E-state index is 6.33. The van der Waals surface area contributed by atoms with Gasteiger partial charge in [-0.25, -0.2) is 0 Å². The van der Waals surface area contributed by atoms with Crippen LogP contribution >= 0.6 is 0 Å². The van der Waals surface area contributed by atoms with Crippen molar-refractivity contribution in [3.8, 4) is 17.4 Å². The van der Waals surface area contributed by atoms with Gasteiger partial charge in [0.15, 0.2) is 5.82 Å². The number of hydrogen-bond donors (Lipinski definition) is 1. The fraction of sp³-hybridized carbons (Fsp3) is 0.571. The smallest absolute Gasteiger partial charge is 0.322 e. The molecule has 154 valence electrons. The van der Waals surface area contributed by atoms with E-state index in [0.717, 1.165) is 37.2 Å². The number of piperidine rings is 1. The molecule has 2 bridgehead atoms. The van der Waals surface area contributed by atoms with E-state index >= 15 is 0 Å². The van der Waals surface area contributed by atoms with Crippen LogP contribution in [0.1, 0.15) is 25.7 Å². The van der Waals surface area contributed by atoms with Gasteiger partial charge < -0.3 is 25.0 Å². The van der Waals surface area contributed by atoms with Crippen LogP contribution in [0.3, 0.4) is 0 Å². The van der Waals surface area contributed by atoms with Crippen molar-refractivity contribution in [3.63, 3.8) is 0 Å². The number of ether oxygens (including phenoxy) is 2. The second kappa shape index (κ2) is 7.76. The fourth-order valence-electron chi connectivity index (χ4n) is 4.67. The Morgan fingerprint density at radius 3 is 2.38 bits per heavy atom. The summed E-state index contributed by atoms with van der Waals surface area (Å²) in [5.41, 5.74) is 7.47. The molecule has 3 saturated heterocycles. The van der Waals surface area contributed by atoms with E-state index < -0.39 is 0 Å². The number of benzene rings is 1. The molecule has 4 heterocycles. The Morgan fingerprint density at radius 2 is 1.69 bits per heavy atom. The standard InChI is InChI=1S/C21H28N6O2/c1-26-16-6-7-17(26)13-18(12-16)29-21-24-19(14-2-4-15(22)5-3-14)23-20(25-21)27-8-10-28-11-9-27/h2-5,16-18H,6-13,22H2,1H3. The molecule has 2 aromatic rings. The van der Waals surface area contributed by atoms with Gasteiger partial charge in [-0.3, -0.25) is 0 Å². The number of nitrogens with zero attached hydrogens (tertiary/aromatic N) is 5. The fourth-order valence-corrected chi connectivity index (χ4v) is 4.67. The highest BCUT2D eigenvalue weighted by atomic mass is 16.5. The van der Waals surface area contributed by atoms with Crippen molar-refractivity contribution in [2.75, 3.05) is 44.0 Å². The van der Waals surface area contributed by atoms with Gasteiger partial charge in [0.25, 0.3) is 0 Å². The largest absolute Gasteiger partial charge is 0.460 e. The lowest BCUT2D eigenvalue weighted by atomic mass is 10.0. The molecule has 5 rings (SSSR count). The molecule has 3 fully saturated rings. The Bertz CT molecular complexity index is 841. The first kappa shape index (κ1) is 18.6. The molecule has 3 aliphatic heterocycles. The maximum absolute atomic E-state index is 6.33. The molecule has 0 saturated carbocycles. The highest BCUT2D eigenvalue weighted by molar-refractivity contribution is 5.60. The topological polar surface area (TPSA) is 89.6 Å². The molecule has 2 N–H and O–H groups in total. The van der Waals surface area contributed by atoms with Crippen LogP contribution in [-0.2, 0) is 4.74 Å². The van der Waals surface area contributed by atoms with Gasteiger partial charge in [0.1, 0.15) is 6.10 Å². The minimum Gasteiger partial charge on any atom is -0.460 e. The molecule has 0 aliphatic carbocycles. The van der Waals surface area contributed by atoms with E-state index in [0.29, 0.717) is 43.1 Å². The third-order valence-electron chi connectivity index (χ3n) is 6.39. The lowest BCUT2D eigenvalue weighted by Gasteiger charge is -2.35. The summed E-state index contributed by atoms with van der Waals surface area (Å²) in [5, 5.41) is 0. The summed E-state index contributed by atoms with van der Waals surface area (Å²) in [7, 11) is 2.23. The Balaban J connectivity index is 1.43. The number of fused-ring (bicyclic) bond motifs is 2. The molecule has 3 aliphatic rings. The quantitative estimate of drug-likeness (QED) is 0.785. The van der Waals surface area contributed by atoms with Crippen molar-refractivity contribution in [2.45, 2.75) is 43.9 Å². The number of anilines is 2. The van der Waals surface area contributed by atoms with Crippen molar-refractivity contribution in [2.24, 2.45) is 0 Å². The van der Waals surface area contributed by atoms with Crippen LogP contribution in [0.4, 0.5) is 11.6 Å². The van der Waals surface area contributed by atoms with E-state index in [1.165, 1.54) is 12.8 Å². The van der Waals surface area contributed by atoms with Gasteiger partial charge in [0, 0.05) is 49.3 Å². The first-order chi connectivity index (χ1) is 14.2. The number of nitrogens with two attached hydrogens (primary N) is 1. The van der Waals surface area contributed by atoms with Crippen molar-refractivity contribution in [1.29, 1.82) is 0 Å². The second-order valence-corrected chi connectivity index (χ2v) is 8.22. The number of hydrogen-bond acceptors (Lipinski definition) is 8. The van der Waals surface area contributed by atoms with Gasteiger partial charge in [-0.2, -0.15) is 15.0 Å². The van der Waals surface area contributed by atoms with Crippen LogP contribution < -0.4 is 15.4 Å². The van der Waals surface area contributed by atoms with E-state index in [2.05, 4.69) is 26.8 Å². The molecule has 0 radical (unpaired) electrons. The van der Waals surface area contributed by atoms with Gasteiger partial charge >= 0.3 is 6.01 Å². The highest BCUT2D eigenvalue weighted by Gasteiger charge is 2.39. The number of nitrogen functional groups attached to an aromatic ring is 1. The Labute approximate surface area is 171 Å². The molecule has 29 heavy (non-hydrogen) atoms. The van der Waals surface area contributed by atoms with Gasteiger partial charge in [-0.15, -0.1) is 0 Å². The normalized spacial score (nSPS) is 27.2. The zero-order valence-electron chi connectivity index (χ0n) is 16.8. The molecular formula is C21H28N6O2. The minimum atomic E-state index is 0.155. The number of rotatable bonds is 4. The predicted molar refractivity (Wildman–Crippen MR) is 111 cm³/mol. The van der Waals surface area contributed by atoms with Crippen LogP contribution in [0.5, 0.6) is 6.01 Å². The van der Waals surface area contributed by atoms with E-state index in [1.54, 1.807) is 0 Å². The molecule has 8 nitrogen and oxygen atoms in total. The number of morpholine rings is 1. The van der Waals surface area contributed by atoms with E-state index in [9.17, 15) is 0 Å². The van der Waals surface area contributed by atoms with Gasteiger partial charge in [-0.1, -0.05) is 0 Å². The van der Waals surface area contributed by atoms with Crippen molar-refractivity contribution < 1.29 is 9.47 Å². The molecular weight excluding hydrogens is 368 g/mol. The molecule has 0 spiro atoms. The second-order valence-electron chi connectivity index (χ2n) is 8.22. The summed E-state index contributed by atoms with van der Waals surface area (Å²) in [6, 6.07) is 9.24. The average molecular weight is 396 g/mol. The molecule has 8 heteroatoms. The van der Waals surface area contributed by atoms with E-state index in [1.807, 2.05) is 24.3 Å². The van der Waals surface area contributed by atoms with Gasteiger partial charge in [0.2, 0.25) is 5.95 Å². The van der Waals surface area contributed by atoms with Crippen molar-refractivity contribution in [3.05, 3.63) is 24.3 Å². The Kier molecular flexibility index (Phi) is 4.97.